The number of nitrogens with one attached hydrogen (secondary N) is 2. The van der Waals surface area contributed by atoms with Gasteiger partial charge in [-0.3, -0.25) is 15.3 Å². The summed E-state index contributed by atoms with van der Waals surface area (Å²) >= 11 is 0. The number of hydrogen-bond donors (Lipinski definition) is 2. The zero-order valence-electron chi connectivity index (χ0n) is 20.5. The number of terminal acetylenes is 1. The lowest BCUT2D eigenvalue weighted by molar-refractivity contribution is -0.183. The van der Waals surface area contributed by atoms with Gasteiger partial charge in [0.1, 0.15) is 6.04 Å². The average Bonchev–Trinajstić information content (AvgIpc) is 2.82. The zero-order chi connectivity index (χ0) is 26.3. The molecule has 0 saturated heterocycles. The molecule has 0 bridgehead atoms. The molecule has 1 heterocycles. The maximum Gasteiger partial charge on any atom is 0.391 e. The fourth-order valence-electron chi connectivity index (χ4n) is 3.80. The summed E-state index contributed by atoms with van der Waals surface area (Å²) in [7, 11) is -3.29. The van der Waals surface area contributed by atoms with Gasteiger partial charge in [-0.2, -0.15) is 13.2 Å². The van der Waals surface area contributed by atoms with Crippen molar-refractivity contribution in [2.45, 2.75) is 75.7 Å². The van der Waals surface area contributed by atoms with E-state index in [0.717, 1.165) is 0 Å². The van der Waals surface area contributed by atoms with Crippen LogP contribution in [0, 0.1) is 24.2 Å². The van der Waals surface area contributed by atoms with E-state index in [-0.39, 0.29) is 29.4 Å². The smallest absolute Gasteiger partial charge is 0.301 e. The number of pyridine rings is 1. The molecule has 2 rings (SSSR count). The molecular formula is C25H35F3N4O2S. The number of rotatable bonds is 11. The maximum atomic E-state index is 12.8. The Kier molecular flexibility index (Phi) is 10.1. The third-order valence-electron chi connectivity index (χ3n) is 6.24. The molecule has 0 unspecified atom stereocenters. The van der Waals surface area contributed by atoms with Crippen molar-refractivity contribution in [3.05, 3.63) is 36.3 Å². The number of alkyl halides is 3. The molecule has 0 spiro atoms. The van der Waals surface area contributed by atoms with Crippen LogP contribution in [0.5, 0.6) is 0 Å². The molecule has 194 valence electrons. The number of hydrogen-bond acceptors (Lipinski definition) is 6. The van der Waals surface area contributed by atoms with Crippen LogP contribution in [-0.2, 0) is 16.4 Å². The first-order valence-electron chi connectivity index (χ1n) is 11.7. The molecule has 1 fully saturated rings. The number of halogens is 3. The summed E-state index contributed by atoms with van der Waals surface area (Å²) in [6.07, 6.45) is 5.90. The first kappa shape index (κ1) is 29.0. The van der Waals surface area contributed by atoms with Gasteiger partial charge < -0.3 is 5.32 Å². The lowest BCUT2D eigenvalue weighted by Gasteiger charge is -2.30. The van der Waals surface area contributed by atoms with Gasteiger partial charge in [-0.05, 0) is 64.1 Å². The molecule has 1 aromatic rings. The van der Waals surface area contributed by atoms with E-state index in [1.807, 2.05) is 13.8 Å². The molecule has 0 aliphatic heterocycles. The van der Waals surface area contributed by atoms with Crippen molar-refractivity contribution in [3.8, 4) is 12.3 Å². The summed E-state index contributed by atoms with van der Waals surface area (Å²) in [6, 6.07) is 2.70. The normalized spacial score (nSPS) is 20.5. The van der Waals surface area contributed by atoms with E-state index in [4.69, 9.17) is 6.42 Å². The second kappa shape index (κ2) is 12.2. The second-order valence-corrected chi connectivity index (χ2v) is 11.8. The molecule has 1 aliphatic rings. The van der Waals surface area contributed by atoms with Crippen molar-refractivity contribution in [2.75, 3.05) is 12.3 Å². The largest absolute Gasteiger partial charge is 0.391 e. The Hall–Kier alpha value is -2.22. The second-order valence-electron chi connectivity index (χ2n) is 9.48. The van der Waals surface area contributed by atoms with Crippen molar-refractivity contribution in [3.63, 3.8) is 0 Å². The van der Waals surface area contributed by atoms with Crippen LogP contribution in [0.3, 0.4) is 0 Å². The van der Waals surface area contributed by atoms with Gasteiger partial charge in [-0.15, -0.1) is 6.42 Å². The van der Waals surface area contributed by atoms with E-state index in [2.05, 4.69) is 33.1 Å². The van der Waals surface area contributed by atoms with E-state index in [0.29, 0.717) is 37.3 Å². The summed E-state index contributed by atoms with van der Waals surface area (Å²) in [5, 5.41) is 6.49. The van der Waals surface area contributed by atoms with Gasteiger partial charge in [-0.1, -0.05) is 19.4 Å². The summed E-state index contributed by atoms with van der Waals surface area (Å²) in [5.74, 6) is 1.57. The minimum Gasteiger partial charge on any atom is -0.301 e. The van der Waals surface area contributed by atoms with Gasteiger partial charge in [-0.25, -0.2) is 8.42 Å². The predicted octanol–water partition coefficient (Wildman–Crippen LogP) is 4.29. The standard InChI is InChI=1S/C25H35F3N4O2S/c1-6-23(30-14-19-8-10-20(11-9-19)25(26,27)28)18(3)31-17-24(4,5)32-15-21-12-13-22(16-29-21)35(33,34)7-2/h1,12-13,16-17,19-20,23,30,32H,3,7-11,14-15H2,2,4-5H3/t19?,20?,23-/m0/s1. The fourth-order valence-corrected chi connectivity index (χ4v) is 4.62. The van der Waals surface area contributed by atoms with E-state index in [1.54, 1.807) is 25.3 Å². The van der Waals surface area contributed by atoms with Crippen LogP contribution in [0.1, 0.15) is 52.1 Å². The van der Waals surface area contributed by atoms with E-state index < -0.39 is 33.5 Å². The predicted molar refractivity (Wildman–Crippen MR) is 133 cm³/mol. The minimum absolute atomic E-state index is 0.0202. The van der Waals surface area contributed by atoms with Gasteiger partial charge in [0.05, 0.1) is 28.0 Å². The summed E-state index contributed by atoms with van der Waals surface area (Å²) < 4.78 is 62.3. The Morgan fingerprint density at radius 2 is 1.97 bits per heavy atom. The van der Waals surface area contributed by atoms with Gasteiger partial charge in [0.2, 0.25) is 0 Å². The number of nitrogens with zero attached hydrogens (tertiary/aromatic N) is 2. The van der Waals surface area contributed by atoms with Crippen molar-refractivity contribution in [1.82, 2.24) is 15.6 Å². The van der Waals surface area contributed by atoms with Crippen LogP contribution < -0.4 is 10.6 Å². The van der Waals surface area contributed by atoms with Crippen molar-refractivity contribution < 1.29 is 21.6 Å². The number of sulfone groups is 1. The Morgan fingerprint density at radius 1 is 1.31 bits per heavy atom. The van der Waals surface area contributed by atoms with Gasteiger partial charge in [0, 0.05) is 24.5 Å². The topological polar surface area (TPSA) is 83.5 Å². The highest BCUT2D eigenvalue weighted by molar-refractivity contribution is 7.91. The molecule has 1 saturated carbocycles. The lowest BCUT2D eigenvalue weighted by atomic mass is 9.81. The van der Waals surface area contributed by atoms with Crippen LogP contribution in [-0.4, -0.2) is 49.7 Å². The third-order valence-corrected chi connectivity index (χ3v) is 7.96. The molecule has 0 aromatic carbocycles. The highest BCUT2D eigenvalue weighted by Gasteiger charge is 2.41. The van der Waals surface area contributed by atoms with Crippen molar-refractivity contribution >= 4 is 16.1 Å². The fraction of sp³-hybridized carbons (Fsp3) is 0.600. The zero-order valence-corrected chi connectivity index (χ0v) is 21.3. The SMILES string of the molecule is C#C[C@H](NCC1CCC(C(F)(F)F)CC1)C(=C)N=CC(C)(C)NCc1ccc(S(=O)(=O)CC)cn1. The van der Waals surface area contributed by atoms with E-state index in [1.165, 1.54) is 6.20 Å². The Labute approximate surface area is 206 Å². The highest BCUT2D eigenvalue weighted by Crippen LogP contribution is 2.39. The first-order valence-corrected chi connectivity index (χ1v) is 13.4. The Bertz CT molecular complexity index is 1020. The molecule has 1 aliphatic carbocycles. The highest BCUT2D eigenvalue weighted by atomic mass is 32.2. The molecule has 2 N–H and O–H groups in total. The molecule has 1 atom stereocenters. The summed E-state index contributed by atoms with van der Waals surface area (Å²) in [6.45, 7) is 10.3. The van der Waals surface area contributed by atoms with Crippen LogP contribution >= 0.6 is 0 Å². The van der Waals surface area contributed by atoms with Gasteiger partial charge >= 0.3 is 6.18 Å². The lowest BCUT2D eigenvalue weighted by Crippen LogP contribution is -2.41. The minimum atomic E-state index is -4.11. The molecule has 1 aromatic heterocycles. The number of aliphatic imine (C=N–C) groups is 1. The van der Waals surface area contributed by atoms with E-state index in [9.17, 15) is 21.6 Å². The van der Waals surface area contributed by atoms with Gasteiger partial charge in [0.15, 0.2) is 9.84 Å². The Morgan fingerprint density at radius 3 is 2.49 bits per heavy atom. The van der Waals surface area contributed by atoms with E-state index >= 15 is 0 Å². The molecular weight excluding hydrogens is 477 g/mol. The van der Waals surface area contributed by atoms with Crippen LogP contribution in [0.15, 0.2) is 40.5 Å². The maximum absolute atomic E-state index is 12.8. The molecule has 35 heavy (non-hydrogen) atoms. The van der Waals surface area contributed by atoms with Crippen molar-refractivity contribution in [1.29, 1.82) is 0 Å². The monoisotopic (exact) mass is 512 g/mol. The molecule has 6 nitrogen and oxygen atoms in total. The van der Waals surface area contributed by atoms with Crippen molar-refractivity contribution in [2.24, 2.45) is 16.8 Å². The quantitative estimate of drug-likeness (QED) is 0.342. The summed E-state index contributed by atoms with van der Waals surface area (Å²) in [4.78, 5) is 8.82. The number of aromatic nitrogens is 1. The Balaban J connectivity index is 1.84. The molecule has 0 radical (unpaired) electrons. The van der Waals surface area contributed by atoms with Crippen LogP contribution in [0.2, 0.25) is 0 Å². The van der Waals surface area contributed by atoms with Gasteiger partial charge in [0.25, 0.3) is 0 Å². The van der Waals surface area contributed by atoms with Crippen LogP contribution in [0.25, 0.3) is 0 Å². The summed E-state index contributed by atoms with van der Waals surface area (Å²) in [5.41, 5.74) is 0.593. The van der Waals surface area contributed by atoms with Crippen LogP contribution in [0.4, 0.5) is 13.2 Å². The average molecular weight is 513 g/mol. The first-order chi connectivity index (χ1) is 16.3. The molecule has 10 heteroatoms. The third kappa shape index (κ3) is 9.06. The molecule has 0 amide bonds.